The average Bonchev–Trinajstić information content (AvgIpc) is 2.01. The Balaban J connectivity index is 3.15. The second-order valence-corrected chi connectivity index (χ2v) is 3.84. The van der Waals surface area contributed by atoms with E-state index in [4.69, 9.17) is 0 Å². The summed E-state index contributed by atoms with van der Waals surface area (Å²) in [5.41, 5.74) is 0. The lowest BCUT2D eigenvalue weighted by Crippen LogP contribution is -2.34. The predicted octanol–water partition coefficient (Wildman–Crippen LogP) is 2.06. The maximum Gasteiger partial charge on any atom is 0.0476 e. The molecule has 1 atom stereocenters. The lowest BCUT2D eigenvalue weighted by atomic mass is 10.1. The molecule has 0 rings (SSSR count). The van der Waals surface area contributed by atoms with Gasteiger partial charge in [0.1, 0.15) is 0 Å². The number of nitrogens with zero attached hydrogens (tertiary/aromatic N) is 1. The number of hydrogen-bond acceptors (Lipinski definition) is 2. The summed E-state index contributed by atoms with van der Waals surface area (Å²) in [5.74, 6) is 0. The first kappa shape index (κ1) is 11.9. The normalized spacial score (nSPS) is 13.8. The summed E-state index contributed by atoms with van der Waals surface area (Å²) in [7, 11) is 4.18. The van der Waals surface area contributed by atoms with E-state index >= 15 is 0 Å². The molecule has 0 aromatic rings. The highest BCUT2D eigenvalue weighted by atomic mass is 15.2. The van der Waals surface area contributed by atoms with Gasteiger partial charge in [-0.2, -0.15) is 0 Å². The molecule has 2 nitrogen and oxygen atoms in total. The SMILES string of the molecule is CCCCCC(C)NCN(C)C. The Morgan fingerprint density at radius 2 is 1.92 bits per heavy atom. The molecule has 0 aromatic carbocycles. The van der Waals surface area contributed by atoms with Crippen LogP contribution in [0, 0.1) is 0 Å². The van der Waals surface area contributed by atoms with Gasteiger partial charge in [0.2, 0.25) is 0 Å². The van der Waals surface area contributed by atoms with Gasteiger partial charge in [-0.05, 0) is 27.4 Å². The van der Waals surface area contributed by atoms with Gasteiger partial charge in [-0.3, -0.25) is 4.90 Å². The number of hydrogen-bond donors (Lipinski definition) is 1. The van der Waals surface area contributed by atoms with Gasteiger partial charge in [0.25, 0.3) is 0 Å². The molecule has 0 amide bonds. The van der Waals surface area contributed by atoms with Crippen molar-refractivity contribution in [2.45, 2.75) is 45.6 Å². The van der Waals surface area contributed by atoms with Crippen LogP contribution in [0.4, 0.5) is 0 Å². The first-order valence-corrected chi connectivity index (χ1v) is 5.05. The summed E-state index contributed by atoms with van der Waals surface area (Å²) in [5, 5.41) is 3.47. The third kappa shape index (κ3) is 8.02. The van der Waals surface area contributed by atoms with Crippen molar-refractivity contribution in [3.8, 4) is 0 Å². The average molecular weight is 172 g/mol. The fourth-order valence-electron chi connectivity index (χ4n) is 1.14. The monoisotopic (exact) mass is 172 g/mol. The highest BCUT2D eigenvalue weighted by molar-refractivity contribution is 4.59. The highest BCUT2D eigenvalue weighted by Gasteiger charge is 1.99. The van der Waals surface area contributed by atoms with Gasteiger partial charge in [-0.15, -0.1) is 0 Å². The van der Waals surface area contributed by atoms with E-state index in [1.165, 1.54) is 25.7 Å². The molecule has 0 saturated heterocycles. The topological polar surface area (TPSA) is 15.3 Å². The molecule has 0 saturated carbocycles. The molecule has 0 aliphatic carbocycles. The van der Waals surface area contributed by atoms with Gasteiger partial charge in [-0.25, -0.2) is 0 Å². The van der Waals surface area contributed by atoms with Crippen molar-refractivity contribution in [3.05, 3.63) is 0 Å². The van der Waals surface area contributed by atoms with Gasteiger partial charge in [0, 0.05) is 12.7 Å². The molecule has 0 heterocycles. The first-order chi connectivity index (χ1) is 5.66. The molecular weight excluding hydrogens is 148 g/mol. The van der Waals surface area contributed by atoms with Gasteiger partial charge >= 0.3 is 0 Å². The zero-order valence-corrected chi connectivity index (χ0v) is 9.06. The second-order valence-electron chi connectivity index (χ2n) is 3.84. The Morgan fingerprint density at radius 3 is 2.42 bits per heavy atom. The van der Waals surface area contributed by atoms with E-state index in [-0.39, 0.29) is 0 Å². The maximum atomic E-state index is 3.47. The first-order valence-electron chi connectivity index (χ1n) is 5.05. The van der Waals surface area contributed by atoms with Crippen LogP contribution in [0.25, 0.3) is 0 Å². The summed E-state index contributed by atoms with van der Waals surface area (Å²) in [4.78, 5) is 2.16. The van der Waals surface area contributed by atoms with Crippen LogP contribution in [0.1, 0.15) is 39.5 Å². The number of unbranched alkanes of at least 4 members (excludes halogenated alkanes) is 2. The van der Waals surface area contributed by atoms with E-state index in [1.54, 1.807) is 0 Å². The summed E-state index contributed by atoms with van der Waals surface area (Å²) in [6.45, 7) is 5.50. The van der Waals surface area contributed by atoms with Crippen molar-refractivity contribution in [1.29, 1.82) is 0 Å². The lowest BCUT2D eigenvalue weighted by Gasteiger charge is -2.17. The Bertz CT molecular complexity index is 91.8. The van der Waals surface area contributed by atoms with Gasteiger partial charge in [0.05, 0.1) is 0 Å². The molecule has 0 aliphatic rings. The van der Waals surface area contributed by atoms with Crippen LogP contribution < -0.4 is 5.32 Å². The molecule has 2 heteroatoms. The quantitative estimate of drug-likeness (QED) is 0.467. The van der Waals surface area contributed by atoms with Crippen molar-refractivity contribution < 1.29 is 0 Å². The number of nitrogens with one attached hydrogen (secondary N) is 1. The van der Waals surface area contributed by atoms with Crippen molar-refractivity contribution in [1.82, 2.24) is 10.2 Å². The molecule has 0 bridgehead atoms. The minimum atomic E-state index is 0.666. The van der Waals surface area contributed by atoms with Gasteiger partial charge < -0.3 is 5.32 Å². The van der Waals surface area contributed by atoms with Crippen molar-refractivity contribution in [2.24, 2.45) is 0 Å². The van der Waals surface area contributed by atoms with Gasteiger partial charge in [-0.1, -0.05) is 26.2 Å². The minimum Gasteiger partial charge on any atom is -0.302 e. The Kier molecular flexibility index (Phi) is 7.51. The van der Waals surface area contributed by atoms with Crippen molar-refractivity contribution in [2.75, 3.05) is 20.8 Å². The van der Waals surface area contributed by atoms with E-state index < -0.39 is 0 Å². The summed E-state index contributed by atoms with van der Waals surface area (Å²) < 4.78 is 0. The van der Waals surface area contributed by atoms with Crippen LogP contribution in [0.15, 0.2) is 0 Å². The predicted molar refractivity (Wildman–Crippen MR) is 55.3 cm³/mol. The smallest absolute Gasteiger partial charge is 0.0476 e. The van der Waals surface area contributed by atoms with E-state index in [9.17, 15) is 0 Å². The molecule has 74 valence electrons. The summed E-state index contributed by atoms with van der Waals surface area (Å²) >= 11 is 0. The van der Waals surface area contributed by atoms with E-state index in [0.717, 1.165) is 6.67 Å². The van der Waals surface area contributed by atoms with Crippen molar-refractivity contribution in [3.63, 3.8) is 0 Å². The molecule has 0 radical (unpaired) electrons. The second kappa shape index (κ2) is 7.56. The molecule has 12 heavy (non-hydrogen) atoms. The van der Waals surface area contributed by atoms with E-state index in [0.29, 0.717) is 6.04 Å². The fraction of sp³-hybridized carbons (Fsp3) is 1.00. The highest BCUT2D eigenvalue weighted by Crippen LogP contribution is 2.02. The van der Waals surface area contributed by atoms with Crippen molar-refractivity contribution >= 4 is 0 Å². The molecular formula is C10H24N2. The zero-order valence-electron chi connectivity index (χ0n) is 9.06. The molecule has 1 unspecified atom stereocenters. The van der Waals surface area contributed by atoms with Crippen LogP contribution in [-0.2, 0) is 0 Å². The Morgan fingerprint density at radius 1 is 1.25 bits per heavy atom. The van der Waals surface area contributed by atoms with Crippen LogP contribution in [0.2, 0.25) is 0 Å². The summed E-state index contributed by atoms with van der Waals surface area (Å²) in [6.07, 6.45) is 5.36. The maximum absolute atomic E-state index is 3.47. The van der Waals surface area contributed by atoms with Crippen LogP contribution in [0.5, 0.6) is 0 Å². The van der Waals surface area contributed by atoms with E-state index in [1.807, 2.05) is 0 Å². The zero-order chi connectivity index (χ0) is 9.40. The largest absolute Gasteiger partial charge is 0.302 e. The molecule has 0 aliphatic heterocycles. The lowest BCUT2D eigenvalue weighted by molar-refractivity contribution is 0.335. The molecule has 0 spiro atoms. The van der Waals surface area contributed by atoms with Crippen LogP contribution in [0.3, 0.4) is 0 Å². The molecule has 0 aromatic heterocycles. The van der Waals surface area contributed by atoms with Crippen LogP contribution in [-0.4, -0.2) is 31.7 Å². The third-order valence-corrected chi connectivity index (χ3v) is 2.00. The molecule has 1 N–H and O–H groups in total. The minimum absolute atomic E-state index is 0.666. The number of rotatable bonds is 7. The summed E-state index contributed by atoms with van der Waals surface area (Å²) in [6, 6.07) is 0.666. The fourth-order valence-corrected chi connectivity index (χ4v) is 1.14. The van der Waals surface area contributed by atoms with Crippen LogP contribution >= 0.6 is 0 Å². The van der Waals surface area contributed by atoms with E-state index in [2.05, 4.69) is 38.2 Å². The standard InChI is InChI=1S/C10H24N2/c1-5-6-7-8-10(2)11-9-12(3)4/h10-11H,5-9H2,1-4H3. The molecule has 0 fully saturated rings. The van der Waals surface area contributed by atoms with Gasteiger partial charge in [0.15, 0.2) is 0 Å². The Labute approximate surface area is 77.3 Å². The Hall–Kier alpha value is -0.0800. The third-order valence-electron chi connectivity index (χ3n) is 2.00.